The Hall–Kier alpha value is -4.17. The molecule has 1 aromatic heterocycles. The largest absolute Gasteiger partial charge is 0.497 e. The van der Waals surface area contributed by atoms with E-state index in [-0.39, 0.29) is 5.91 Å². The van der Waals surface area contributed by atoms with Crippen molar-refractivity contribution in [2.45, 2.75) is 13.8 Å². The second-order valence-electron chi connectivity index (χ2n) is 7.86. The Balaban J connectivity index is 1.59. The van der Waals surface area contributed by atoms with Gasteiger partial charge >= 0.3 is 0 Å². The molecule has 0 bridgehead atoms. The van der Waals surface area contributed by atoms with Gasteiger partial charge in [0.2, 0.25) is 5.13 Å². The van der Waals surface area contributed by atoms with Gasteiger partial charge in [0, 0.05) is 22.8 Å². The smallest absolute Gasteiger partial charge is 0.256 e. The zero-order valence-corrected chi connectivity index (χ0v) is 20.8. The van der Waals surface area contributed by atoms with Crippen molar-refractivity contribution < 1.29 is 14.3 Å². The van der Waals surface area contributed by atoms with Gasteiger partial charge in [-0.1, -0.05) is 58.9 Å². The van der Waals surface area contributed by atoms with Crippen molar-refractivity contribution in [3.63, 3.8) is 0 Å². The molecule has 8 heteroatoms. The van der Waals surface area contributed by atoms with Crippen molar-refractivity contribution >= 4 is 33.6 Å². The fourth-order valence-corrected chi connectivity index (χ4v) is 4.15. The maximum Gasteiger partial charge on any atom is 0.256 e. The summed E-state index contributed by atoms with van der Waals surface area (Å²) in [6, 6.07) is 20.9. The summed E-state index contributed by atoms with van der Waals surface area (Å²) in [5.41, 5.74) is 8.15. The maximum atomic E-state index is 12.9. The van der Waals surface area contributed by atoms with Crippen LogP contribution in [0.3, 0.4) is 0 Å². The molecule has 178 valence electrons. The molecule has 0 aliphatic carbocycles. The van der Waals surface area contributed by atoms with E-state index in [1.807, 2.05) is 74.5 Å². The number of hydrogen-bond donors (Lipinski definition) is 2. The minimum atomic E-state index is -0.194. The van der Waals surface area contributed by atoms with Crippen LogP contribution in [0.2, 0.25) is 0 Å². The monoisotopic (exact) mass is 486 g/mol. The third-order valence-electron chi connectivity index (χ3n) is 5.30. The van der Waals surface area contributed by atoms with E-state index in [4.69, 9.17) is 14.5 Å². The molecule has 1 heterocycles. The van der Waals surface area contributed by atoms with Gasteiger partial charge in [-0.3, -0.25) is 10.2 Å². The average Bonchev–Trinajstić information content (AvgIpc) is 3.27. The summed E-state index contributed by atoms with van der Waals surface area (Å²) in [5.74, 6) is 1.14. The molecule has 7 nitrogen and oxygen atoms in total. The summed E-state index contributed by atoms with van der Waals surface area (Å²) in [7, 11) is 3.20. The number of hydrazone groups is 1. The zero-order valence-electron chi connectivity index (χ0n) is 20.0. The molecule has 0 saturated carbocycles. The van der Waals surface area contributed by atoms with E-state index >= 15 is 0 Å². The van der Waals surface area contributed by atoms with Gasteiger partial charge in [0.25, 0.3) is 5.91 Å². The molecule has 1 amide bonds. The Labute approximate surface area is 208 Å². The van der Waals surface area contributed by atoms with Crippen LogP contribution in [-0.2, 0) is 0 Å². The molecule has 4 aromatic rings. The van der Waals surface area contributed by atoms with Crippen LogP contribution in [0.1, 0.15) is 27.0 Å². The van der Waals surface area contributed by atoms with Crippen LogP contribution in [0.5, 0.6) is 11.5 Å². The Bertz CT molecular complexity index is 1350. The first-order chi connectivity index (χ1) is 17.0. The summed E-state index contributed by atoms with van der Waals surface area (Å²) in [6.07, 6.45) is 1.65. The summed E-state index contributed by atoms with van der Waals surface area (Å²) in [4.78, 5) is 17.6. The van der Waals surface area contributed by atoms with Crippen molar-refractivity contribution in [2.24, 2.45) is 5.10 Å². The first-order valence-corrected chi connectivity index (χ1v) is 11.8. The SMILES string of the molecule is COc1ccc(C=NNc2nc(-c3ccc(C)cc3)c(NC(=O)c3ccc(C)cc3)s2)c(OC)c1. The maximum absolute atomic E-state index is 12.9. The van der Waals surface area contributed by atoms with Crippen LogP contribution in [-0.4, -0.2) is 31.3 Å². The number of thiazole rings is 1. The van der Waals surface area contributed by atoms with Gasteiger partial charge in [-0.25, -0.2) is 4.98 Å². The summed E-state index contributed by atoms with van der Waals surface area (Å²) < 4.78 is 10.7. The Morgan fingerprint density at radius 3 is 2.29 bits per heavy atom. The lowest BCUT2D eigenvalue weighted by molar-refractivity contribution is 0.102. The normalized spacial score (nSPS) is 10.9. The quantitative estimate of drug-likeness (QED) is 0.231. The van der Waals surface area contributed by atoms with E-state index < -0.39 is 0 Å². The van der Waals surface area contributed by atoms with Crippen molar-refractivity contribution in [1.82, 2.24) is 4.98 Å². The molecule has 3 aromatic carbocycles. The van der Waals surface area contributed by atoms with Gasteiger partial charge in [0.05, 0.1) is 20.4 Å². The van der Waals surface area contributed by atoms with Gasteiger partial charge in [-0.05, 0) is 38.1 Å². The van der Waals surface area contributed by atoms with E-state index in [9.17, 15) is 4.79 Å². The Kier molecular flexibility index (Phi) is 7.42. The fourth-order valence-electron chi connectivity index (χ4n) is 3.32. The van der Waals surface area contributed by atoms with Crippen molar-refractivity contribution in [2.75, 3.05) is 25.0 Å². The minimum Gasteiger partial charge on any atom is -0.497 e. The fraction of sp³-hybridized carbons (Fsp3) is 0.148. The van der Waals surface area contributed by atoms with Crippen LogP contribution >= 0.6 is 11.3 Å². The van der Waals surface area contributed by atoms with Gasteiger partial charge in [0.1, 0.15) is 22.2 Å². The molecule has 0 radical (unpaired) electrons. The number of aryl methyl sites for hydroxylation is 2. The number of carbonyl (C=O) groups excluding carboxylic acids is 1. The van der Waals surface area contributed by atoms with Crippen LogP contribution in [0, 0.1) is 13.8 Å². The third kappa shape index (κ3) is 5.85. The van der Waals surface area contributed by atoms with E-state index in [2.05, 4.69) is 15.8 Å². The lowest BCUT2D eigenvalue weighted by Gasteiger charge is -2.06. The minimum absolute atomic E-state index is 0.194. The van der Waals surface area contributed by atoms with Crippen LogP contribution in [0.25, 0.3) is 11.3 Å². The predicted octanol–water partition coefficient (Wildman–Crippen LogP) is 6.14. The number of amides is 1. The Morgan fingerprint density at radius 1 is 0.943 bits per heavy atom. The first-order valence-electron chi connectivity index (χ1n) is 10.9. The molecule has 0 fully saturated rings. The van der Waals surface area contributed by atoms with Crippen LogP contribution < -0.4 is 20.2 Å². The van der Waals surface area contributed by atoms with Crippen molar-refractivity contribution in [3.8, 4) is 22.8 Å². The molecular weight excluding hydrogens is 460 g/mol. The number of methoxy groups -OCH3 is 2. The third-order valence-corrected chi connectivity index (χ3v) is 6.17. The highest BCUT2D eigenvalue weighted by Crippen LogP contribution is 2.36. The number of anilines is 2. The highest BCUT2D eigenvalue weighted by molar-refractivity contribution is 7.20. The van der Waals surface area contributed by atoms with Crippen molar-refractivity contribution in [1.29, 1.82) is 0 Å². The number of rotatable bonds is 8. The zero-order chi connectivity index (χ0) is 24.8. The lowest BCUT2D eigenvalue weighted by atomic mass is 10.1. The number of ether oxygens (including phenoxy) is 2. The molecule has 0 unspecified atom stereocenters. The second-order valence-corrected chi connectivity index (χ2v) is 8.86. The number of carbonyl (C=O) groups is 1. The van der Waals surface area contributed by atoms with Crippen LogP contribution in [0.15, 0.2) is 71.8 Å². The standard InChI is InChI=1S/C27H26N4O3S/c1-17-5-9-19(10-6-17)24-26(30-25(32)20-11-7-18(2)8-12-20)35-27(29-24)31-28-16-21-13-14-22(33-3)15-23(21)34-4/h5-16H,1-4H3,(H,29,31)(H,30,32). The lowest BCUT2D eigenvalue weighted by Crippen LogP contribution is -2.11. The number of nitrogens with one attached hydrogen (secondary N) is 2. The first kappa shape index (κ1) is 24.0. The predicted molar refractivity (Wildman–Crippen MR) is 142 cm³/mol. The van der Waals surface area contributed by atoms with E-state index in [1.165, 1.54) is 11.3 Å². The molecule has 0 saturated heterocycles. The van der Waals surface area contributed by atoms with E-state index in [1.54, 1.807) is 26.5 Å². The highest BCUT2D eigenvalue weighted by atomic mass is 32.1. The van der Waals surface area contributed by atoms with Gasteiger partial charge in [-0.15, -0.1) is 0 Å². The van der Waals surface area contributed by atoms with Crippen molar-refractivity contribution in [3.05, 3.63) is 89.0 Å². The number of nitrogens with zero attached hydrogens (tertiary/aromatic N) is 2. The van der Waals surface area contributed by atoms with Gasteiger partial charge in [0.15, 0.2) is 0 Å². The average molecular weight is 487 g/mol. The summed E-state index contributed by atoms with van der Waals surface area (Å²) in [5, 5.41) is 8.52. The number of benzene rings is 3. The molecule has 0 atom stereocenters. The van der Waals surface area contributed by atoms with Gasteiger partial charge < -0.3 is 14.8 Å². The molecular formula is C27H26N4O3S. The van der Waals surface area contributed by atoms with E-state index in [0.29, 0.717) is 32.9 Å². The molecule has 0 aliphatic heterocycles. The molecule has 4 rings (SSSR count). The topological polar surface area (TPSA) is 84.8 Å². The second kappa shape index (κ2) is 10.8. The summed E-state index contributed by atoms with van der Waals surface area (Å²) in [6.45, 7) is 4.01. The summed E-state index contributed by atoms with van der Waals surface area (Å²) >= 11 is 1.32. The Morgan fingerprint density at radius 2 is 1.63 bits per heavy atom. The van der Waals surface area contributed by atoms with Gasteiger partial charge in [-0.2, -0.15) is 5.10 Å². The molecule has 0 spiro atoms. The number of aromatic nitrogens is 1. The van der Waals surface area contributed by atoms with E-state index in [0.717, 1.165) is 22.3 Å². The number of hydrogen-bond acceptors (Lipinski definition) is 7. The molecule has 0 aliphatic rings. The molecule has 35 heavy (non-hydrogen) atoms. The molecule has 2 N–H and O–H groups in total. The highest BCUT2D eigenvalue weighted by Gasteiger charge is 2.16. The van der Waals surface area contributed by atoms with Crippen LogP contribution in [0.4, 0.5) is 10.1 Å².